The molecule has 0 atom stereocenters. The summed E-state index contributed by atoms with van der Waals surface area (Å²) in [5, 5.41) is 0. The van der Waals surface area contributed by atoms with Crippen LogP contribution in [-0.4, -0.2) is 0 Å². The number of ether oxygens (including phenoxy) is 1. The zero-order valence-electron chi connectivity index (χ0n) is 9.20. The molecule has 3 heteroatoms. The van der Waals surface area contributed by atoms with Crippen molar-refractivity contribution in [3.8, 4) is 0 Å². The molecule has 0 unspecified atom stereocenters. The zero-order valence-corrected chi connectivity index (χ0v) is 13.5. The van der Waals surface area contributed by atoms with Crippen LogP contribution in [0.3, 0.4) is 0 Å². The molecule has 0 N–H and O–H groups in total. The van der Waals surface area contributed by atoms with Gasteiger partial charge >= 0.3 is 0 Å². The van der Waals surface area contributed by atoms with Crippen molar-refractivity contribution < 1.29 is 4.74 Å². The summed E-state index contributed by atoms with van der Waals surface area (Å²) < 4.78 is 8.19. The average Bonchev–Trinajstić information content (AvgIpc) is 2.34. The van der Waals surface area contributed by atoms with Crippen molar-refractivity contribution in [2.24, 2.45) is 0 Å². The van der Waals surface area contributed by atoms with E-state index in [1.807, 2.05) is 0 Å². The highest BCUT2D eigenvalue weighted by atomic mass is 127. The second-order valence-electron chi connectivity index (χ2n) is 3.75. The number of hydrogen-bond acceptors (Lipinski definition) is 1. The summed E-state index contributed by atoms with van der Waals surface area (Å²) in [6.45, 7) is 1.34. The molecule has 0 aliphatic carbocycles. The fourth-order valence-corrected chi connectivity index (χ4v) is 2.17. The Hall–Kier alpha value is -0.140. The third-order valence-electron chi connectivity index (χ3n) is 2.36. The van der Waals surface area contributed by atoms with Crippen LogP contribution < -0.4 is 0 Å². The van der Waals surface area contributed by atoms with E-state index in [9.17, 15) is 0 Å². The molecular weight excluding hydrogens is 438 g/mol. The molecule has 2 aromatic rings. The summed E-state index contributed by atoms with van der Waals surface area (Å²) >= 11 is 4.61. The summed E-state index contributed by atoms with van der Waals surface area (Å²) in [5.74, 6) is 0. The summed E-state index contributed by atoms with van der Waals surface area (Å²) in [4.78, 5) is 0. The lowest BCUT2D eigenvalue weighted by molar-refractivity contribution is 0.107. The van der Waals surface area contributed by atoms with E-state index < -0.39 is 0 Å². The normalized spacial score (nSPS) is 10.5. The Morgan fingerprint density at radius 1 is 0.647 bits per heavy atom. The molecule has 0 amide bonds. The highest BCUT2D eigenvalue weighted by Gasteiger charge is 1.96. The minimum absolute atomic E-state index is 0.670. The molecule has 1 nitrogen and oxygen atoms in total. The van der Waals surface area contributed by atoms with Gasteiger partial charge in [0.2, 0.25) is 0 Å². The Morgan fingerprint density at radius 2 is 1.00 bits per heavy atom. The van der Waals surface area contributed by atoms with Crippen molar-refractivity contribution in [3.63, 3.8) is 0 Å². The van der Waals surface area contributed by atoms with Crippen LogP contribution in [0.15, 0.2) is 48.5 Å². The molecular formula is C14H12I2O. The summed E-state index contributed by atoms with van der Waals surface area (Å²) in [7, 11) is 0. The average molecular weight is 450 g/mol. The number of hydrogen-bond donors (Lipinski definition) is 0. The quantitative estimate of drug-likeness (QED) is 0.619. The molecule has 2 aromatic carbocycles. The van der Waals surface area contributed by atoms with Crippen LogP contribution in [0.1, 0.15) is 11.1 Å². The van der Waals surface area contributed by atoms with Crippen LogP contribution in [0.2, 0.25) is 0 Å². The van der Waals surface area contributed by atoms with Crippen molar-refractivity contribution in [2.45, 2.75) is 13.2 Å². The van der Waals surface area contributed by atoms with Crippen LogP contribution in [0.25, 0.3) is 0 Å². The van der Waals surface area contributed by atoms with Crippen LogP contribution in [0.5, 0.6) is 0 Å². The summed E-state index contributed by atoms with van der Waals surface area (Å²) in [6, 6.07) is 16.8. The Kier molecular flexibility index (Phi) is 5.24. The fourth-order valence-electron chi connectivity index (χ4n) is 1.45. The third kappa shape index (κ3) is 4.56. The van der Waals surface area contributed by atoms with Crippen LogP contribution in [0.4, 0.5) is 0 Å². The maximum Gasteiger partial charge on any atom is 0.0721 e. The molecule has 0 aliphatic rings. The predicted octanol–water partition coefficient (Wildman–Crippen LogP) is 4.61. The van der Waals surface area contributed by atoms with Crippen LogP contribution >= 0.6 is 45.2 Å². The standard InChI is InChI=1S/C14H12I2O/c15-13-5-1-11(2-6-13)9-17-10-12-3-7-14(16)8-4-12/h1-8H,9-10H2. The first-order valence-corrected chi connectivity index (χ1v) is 7.46. The zero-order chi connectivity index (χ0) is 12.1. The van der Waals surface area contributed by atoms with Gasteiger partial charge in [0.15, 0.2) is 0 Å². The third-order valence-corrected chi connectivity index (χ3v) is 3.80. The van der Waals surface area contributed by atoms with E-state index in [0.29, 0.717) is 13.2 Å². The van der Waals surface area contributed by atoms with Gasteiger partial charge in [-0.1, -0.05) is 24.3 Å². The van der Waals surface area contributed by atoms with Gasteiger partial charge in [0, 0.05) is 7.14 Å². The molecule has 0 bridgehead atoms. The molecule has 0 saturated heterocycles. The minimum Gasteiger partial charge on any atom is -0.372 e. The van der Waals surface area contributed by atoms with E-state index in [1.54, 1.807) is 0 Å². The van der Waals surface area contributed by atoms with Gasteiger partial charge in [-0.25, -0.2) is 0 Å². The summed E-state index contributed by atoms with van der Waals surface area (Å²) in [6.07, 6.45) is 0. The Morgan fingerprint density at radius 3 is 1.35 bits per heavy atom. The second kappa shape index (κ2) is 6.70. The van der Waals surface area contributed by atoms with Crippen molar-refractivity contribution >= 4 is 45.2 Å². The minimum atomic E-state index is 0.670. The van der Waals surface area contributed by atoms with Crippen molar-refractivity contribution in [2.75, 3.05) is 0 Å². The molecule has 17 heavy (non-hydrogen) atoms. The molecule has 2 rings (SSSR count). The largest absolute Gasteiger partial charge is 0.372 e. The summed E-state index contributed by atoms with van der Waals surface area (Å²) in [5.41, 5.74) is 2.44. The first kappa shape index (κ1) is 13.3. The topological polar surface area (TPSA) is 9.23 Å². The molecule has 0 aromatic heterocycles. The van der Waals surface area contributed by atoms with Gasteiger partial charge < -0.3 is 4.74 Å². The van der Waals surface area contributed by atoms with E-state index in [1.165, 1.54) is 18.3 Å². The van der Waals surface area contributed by atoms with E-state index in [4.69, 9.17) is 4.74 Å². The fraction of sp³-hybridized carbons (Fsp3) is 0.143. The van der Waals surface area contributed by atoms with Gasteiger partial charge in [-0.3, -0.25) is 0 Å². The SMILES string of the molecule is Ic1ccc(COCc2ccc(I)cc2)cc1. The molecule has 0 heterocycles. The van der Waals surface area contributed by atoms with E-state index in [-0.39, 0.29) is 0 Å². The lowest BCUT2D eigenvalue weighted by Gasteiger charge is -2.05. The Bertz CT molecular complexity index is 417. The molecule has 0 aliphatic heterocycles. The number of halogens is 2. The van der Waals surface area contributed by atoms with Gasteiger partial charge in [0.05, 0.1) is 13.2 Å². The van der Waals surface area contributed by atoms with Gasteiger partial charge in [0.25, 0.3) is 0 Å². The molecule has 0 radical (unpaired) electrons. The van der Waals surface area contributed by atoms with Crippen molar-refractivity contribution in [3.05, 3.63) is 66.8 Å². The molecule has 0 fully saturated rings. The monoisotopic (exact) mass is 450 g/mol. The smallest absolute Gasteiger partial charge is 0.0721 e. The predicted molar refractivity (Wildman–Crippen MR) is 86.8 cm³/mol. The van der Waals surface area contributed by atoms with E-state index in [0.717, 1.165) is 0 Å². The van der Waals surface area contributed by atoms with Crippen molar-refractivity contribution in [1.82, 2.24) is 0 Å². The van der Waals surface area contributed by atoms with Crippen LogP contribution in [0, 0.1) is 7.14 Å². The Labute approximate surface area is 129 Å². The van der Waals surface area contributed by atoms with E-state index >= 15 is 0 Å². The van der Waals surface area contributed by atoms with Gasteiger partial charge in [-0.05, 0) is 80.6 Å². The Balaban J connectivity index is 1.83. The lowest BCUT2D eigenvalue weighted by Crippen LogP contribution is -1.94. The number of rotatable bonds is 4. The van der Waals surface area contributed by atoms with Gasteiger partial charge in [-0.15, -0.1) is 0 Å². The first-order valence-electron chi connectivity index (χ1n) is 5.31. The van der Waals surface area contributed by atoms with E-state index in [2.05, 4.69) is 93.7 Å². The van der Waals surface area contributed by atoms with Gasteiger partial charge in [-0.2, -0.15) is 0 Å². The maximum absolute atomic E-state index is 5.68. The van der Waals surface area contributed by atoms with Crippen LogP contribution in [-0.2, 0) is 18.0 Å². The second-order valence-corrected chi connectivity index (χ2v) is 6.24. The number of benzene rings is 2. The molecule has 0 saturated carbocycles. The van der Waals surface area contributed by atoms with Crippen molar-refractivity contribution in [1.29, 1.82) is 0 Å². The highest BCUT2D eigenvalue weighted by molar-refractivity contribution is 14.1. The first-order chi connectivity index (χ1) is 8.24. The highest BCUT2D eigenvalue weighted by Crippen LogP contribution is 2.11. The molecule has 88 valence electrons. The molecule has 0 spiro atoms. The van der Waals surface area contributed by atoms with Gasteiger partial charge in [0.1, 0.15) is 0 Å². The maximum atomic E-state index is 5.68. The lowest BCUT2D eigenvalue weighted by atomic mass is 10.2.